The summed E-state index contributed by atoms with van der Waals surface area (Å²) in [5.41, 5.74) is 2.51. The lowest BCUT2D eigenvalue weighted by atomic mass is 10.0. The smallest absolute Gasteiger partial charge is 0.0439 e. The van der Waals surface area contributed by atoms with Crippen molar-refractivity contribution in [3.8, 4) is 0 Å². The summed E-state index contributed by atoms with van der Waals surface area (Å²) in [6.07, 6.45) is 2.16. The van der Waals surface area contributed by atoms with Crippen LogP contribution in [0.4, 0.5) is 0 Å². The Kier molecular flexibility index (Phi) is 4.04. The SMILES string of the molecule is CC(C)C(=Cc1ccccc1)CCl. The normalized spacial score (nSPS) is 12.2. The second kappa shape index (κ2) is 5.08. The van der Waals surface area contributed by atoms with Crippen molar-refractivity contribution >= 4 is 17.7 Å². The summed E-state index contributed by atoms with van der Waals surface area (Å²) in [6.45, 7) is 4.33. The Balaban J connectivity index is 2.85. The number of hydrogen-bond donors (Lipinski definition) is 0. The highest BCUT2D eigenvalue weighted by Gasteiger charge is 2.00. The minimum atomic E-state index is 0.526. The average molecular weight is 195 g/mol. The molecule has 0 radical (unpaired) electrons. The number of rotatable bonds is 3. The molecule has 0 atom stereocenters. The van der Waals surface area contributed by atoms with Crippen LogP contribution in [-0.2, 0) is 0 Å². The van der Waals surface area contributed by atoms with Gasteiger partial charge < -0.3 is 0 Å². The Hall–Kier alpha value is -0.750. The molecule has 0 amide bonds. The molecule has 0 saturated carbocycles. The number of hydrogen-bond acceptors (Lipinski definition) is 0. The minimum absolute atomic E-state index is 0.526. The monoisotopic (exact) mass is 194 g/mol. The summed E-state index contributed by atoms with van der Waals surface area (Å²) in [5, 5.41) is 0. The van der Waals surface area contributed by atoms with Gasteiger partial charge in [0.2, 0.25) is 0 Å². The van der Waals surface area contributed by atoms with Crippen LogP contribution in [-0.4, -0.2) is 5.88 Å². The Morgan fingerprint density at radius 1 is 1.31 bits per heavy atom. The lowest BCUT2D eigenvalue weighted by Crippen LogP contribution is -1.94. The van der Waals surface area contributed by atoms with Crippen LogP contribution in [0.5, 0.6) is 0 Å². The zero-order chi connectivity index (χ0) is 9.68. The summed E-state index contributed by atoms with van der Waals surface area (Å²) in [4.78, 5) is 0. The molecule has 0 N–H and O–H groups in total. The van der Waals surface area contributed by atoms with Crippen LogP contribution in [0, 0.1) is 5.92 Å². The third-order valence-electron chi connectivity index (χ3n) is 2.05. The average Bonchev–Trinajstić information content (AvgIpc) is 2.15. The lowest BCUT2D eigenvalue weighted by molar-refractivity contribution is 0.778. The van der Waals surface area contributed by atoms with Crippen molar-refractivity contribution in [3.63, 3.8) is 0 Å². The maximum Gasteiger partial charge on any atom is 0.0439 e. The molecule has 0 fully saturated rings. The number of halogens is 1. The molecule has 1 aromatic rings. The van der Waals surface area contributed by atoms with Crippen LogP contribution in [0.3, 0.4) is 0 Å². The molecular formula is C12H15Cl. The second-order valence-corrected chi connectivity index (χ2v) is 3.69. The molecule has 70 valence electrons. The molecule has 1 aromatic carbocycles. The van der Waals surface area contributed by atoms with Gasteiger partial charge in [-0.2, -0.15) is 0 Å². The summed E-state index contributed by atoms with van der Waals surface area (Å²) in [5.74, 6) is 1.14. The highest BCUT2D eigenvalue weighted by atomic mass is 35.5. The van der Waals surface area contributed by atoms with Gasteiger partial charge in [-0.15, -0.1) is 11.6 Å². The molecule has 0 saturated heterocycles. The molecule has 0 aliphatic rings. The molecule has 0 aliphatic heterocycles. The van der Waals surface area contributed by atoms with Crippen molar-refractivity contribution < 1.29 is 0 Å². The van der Waals surface area contributed by atoms with Crippen LogP contribution < -0.4 is 0 Å². The standard InChI is InChI=1S/C12H15Cl/c1-10(2)12(9-13)8-11-6-4-3-5-7-11/h3-8,10H,9H2,1-2H3. The molecule has 0 bridgehead atoms. The maximum atomic E-state index is 5.84. The van der Waals surface area contributed by atoms with Crippen LogP contribution in [0.1, 0.15) is 19.4 Å². The van der Waals surface area contributed by atoms with E-state index in [9.17, 15) is 0 Å². The van der Waals surface area contributed by atoms with E-state index in [0.29, 0.717) is 11.8 Å². The van der Waals surface area contributed by atoms with Gasteiger partial charge in [0, 0.05) is 5.88 Å². The first-order valence-corrected chi connectivity index (χ1v) is 5.09. The first-order chi connectivity index (χ1) is 6.24. The second-order valence-electron chi connectivity index (χ2n) is 3.42. The van der Waals surface area contributed by atoms with Crippen molar-refractivity contribution in [2.45, 2.75) is 13.8 Å². The molecule has 0 unspecified atom stereocenters. The predicted octanol–water partition coefficient (Wildman–Crippen LogP) is 3.96. The molecule has 0 heterocycles. The van der Waals surface area contributed by atoms with E-state index in [4.69, 9.17) is 11.6 Å². The summed E-state index contributed by atoms with van der Waals surface area (Å²) < 4.78 is 0. The quantitative estimate of drug-likeness (QED) is 0.639. The van der Waals surface area contributed by atoms with Gasteiger partial charge in [0.1, 0.15) is 0 Å². The van der Waals surface area contributed by atoms with E-state index in [1.165, 1.54) is 11.1 Å². The Morgan fingerprint density at radius 3 is 2.38 bits per heavy atom. The van der Waals surface area contributed by atoms with Crippen molar-refractivity contribution in [2.24, 2.45) is 5.92 Å². The van der Waals surface area contributed by atoms with E-state index >= 15 is 0 Å². The fourth-order valence-corrected chi connectivity index (χ4v) is 1.51. The van der Waals surface area contributed by atoms with Gasteiger partial charge in [-0.3, -0.25) is 0 Å². The van der Waals surface area contributed by atoms with Crippen LogP contribution >= 0.6 is 11.6 Å². The van der Waals surface area contributed by atoms with Gasteiger partial charge in [-0.05, 0) is 11.5 Å². The van der Waals surface area contributed by atoms with Gasteiger partial charge in [0.05, 0.1) is 0 Å². The Labute approximate surface area is 85.2 Å². The first-order valence-electron chi connectivity index (χ1n) is 4.55. The maximum absolute atomic E-state index is 5.84. The minimum Gasteiger partial charge on any atom is -0.122 e. The zero-order valence-electron chi connectivity index (χ0n) is 8.13. The van der Waals surface area contributed by atoms with Crippen molar-refractivity contribution in [3.05, 3.63) is 41.5 Å². The third-order valence-corrected chi connectivity index (χ3v) is 2.36. The number of alkyl halides is 1. The zero-order valence-corrected chi connectivity index (χ0v) is 8.88. The highest BCUT2D eigenvalue weighted by Crippen LogP contribution is 2.15. The van der Waals surface area contributed by atoms with E-state index in [0.717, 1.165) is 0 Å². The predicted molar refractivity (Wildman–Crippen MR) is 60.0 cm³/mol. The van der Waals surface area contributed by atoms with E-state index in [1.807, 2.05) is 18.2 Å². The molecule has 0 aliphatic carbocycles. The van der Waals surface area contributed by atoms with Crippen LogP contribution in [0.15, 0.2) is 35.9 Å². The van der Waals surface area contributed by atoms with Gasteiger partial charge in [0.25, 0.3) is 0 Å². The summed E-state index contributed by atoms with van der Waals surface area (Å²) >= 11 is 5.84. The molecule has 0 nitrogen and oxygen atoms in total. The molecule has 1 rings (SSSR count). The summed E-state index contributed by atoms with van der Waals surface area (Å²) in [6, 6.07) is 10.3. The molecule has 1 heteroatoms. The molecule has 13 heavy (non-hydrogen) atoms. The van der Waals surface area contributed by atoms with E-state index in [2.05, 4.69) is 32.1 Å². The topological polar surface area (TPSA) is 0 Å². The lowest BCUT2D eigenvalue weighted by Gasteiger charge is -2.07. The van der Waals surface area contributed by atoms with Crippen molar-refractivity contribution in [2.75, 3.05) is 5.88 Å². The Bertz CT molecular complexity index is 272. The van der Waals surface area contributed by atoms with Crippen LogP contribution in [0.2, 0.25) is 0 Å². The highest BCUT2D eigenvalue weighted by molar-refractivity contribution is 6.19. The van der Waals surface area contributed by atoms with E-state index in [-0.39, 0.29) is 0 Å². The fraction of sp³-hybridized carbons (Fsp3) is 0.333. The van der Waals surface area contributed by atoms with E-state index in [1.54, 1.807) is 0 Å². The van der Waals surface area contributed by atoms with Gasteiger partial charge >= 0.3 is 0 Å². The third kappa shape index (κ3) is 3.23. The van der Waals surface area contributed by atoms with Crippen LogP contribution in [0.25, 0.3) is 6.08 Å². The van der Waals surface area contributed by atoms with Crippen molar-refractivity contribution in [1.29, 1.82) is 0 Å². The number of allylic oxidation sites excluding steroid dienone is 1. The largest absolute Gasteiger partial charge is 0.122 e. The van der Waals surface area contributed by atoms with Gasteiger partial charge in [-0.25, -0.2) is 0 Å². The van der Waals surface area contributed by atoms with Gasteiger partial charge in [-0.1, -0.05) is 55.8 Å². The molecule has 0 aromatic heterocycles. The van der Waals surface area contributed by atoms with E-state index < -0.39 is 0 Å². The first kappa shape index (κ1) is 10.3. The molecule has 0 spiro atoms. The fourth-order valence-electron chi connectivity index (χ4n) is 1.12. The van der Waals surface area contributed by atoms with Gasteiger partial charge in [0.15, 0.2) is 0 Å². The number of benzene rings is 1. The Morgan fingerprint density at radius 2 is 1.92 bits per heavy atom. The summed E-state index contributed by atoms with van der Waals surface area (Å²) in [7, 11) is 0. The van der Waals surface area contributed by atoms with Crippen molar-refractivity contribution in [1.82, 2.24) is 0 Å². The molecular weight excluding hydrogens is 180 g/mol.